The van der Waals surface area contributed by atoms with E-state index in [0.717, 1.165) is 16.9 Å². The first-order chi connectivity index (χ1) is 9.93. The zero-order valence-corrected chi connectivity index (χ0v) is 12.7. The van der Waals surface area contributed by atoms with Gasteiger partial charge >= 0.3 is 0 Å². The predicted octanol–water partition coefficient (Wildman–Crippen LogP) is 2.70. The molecule has 0 aliphatic carbocycles. The number of nitrogen functional groups attached to an aromatic ring is 1. The van der Waals surface area contributed by atoms with Crippen LogP contribution in [0.5, 0.6) is 5.75 Å². The number of carbonyl (C=O) groups excluding carboxylic acids is 1. The van der Waals surface area contributed by atoms with Gasteiger partial charge in [0.05, 0.1) is 5.56 Å². The van der Waals surface area contributed by atoms with Crippen molar-refractivity contribution in [2.45, 2.75) is 34.3 Å². The number of rotatable bonds is 4. The van der Waals surface area contributed by atoms with Gasteiger partial charge < -0.3 is 9.15 Å². The molecular formula is C16H20N2O3. The van der Waals surface area contributed by atoms with Gasteiger partial charge in [-0.1, -0.05) is 12.1 Å². The minimum absolute atomic E-state index is 0.268. The standard InChI is InChI=1S/C16H20N2O3/c1-9-5-6-10(2)15(11(9)3)20-8-13-7-14(12(4)21-13)16(19)18-17/h5-7H,8,17H2,1-4H3,(H,18,19). The lowest BCUT2D eigenvalue weighted by Gasteiger charge is -2.12. The van der Waals surface area contributed by atoms with E-state index < -0.39 is 0 Å². The Morgan fingerprint density at radius 3 is 2.57 bits per heavy atom. The van der Waals surface area contributed by atoms with Gasteiger partial charge in [-0.05, 0) is 50.5 Å². The summed E-state index contributed by atoms with van der Waals surface area (Å²) in [6, 6.07) is 5.74. The van der Waals surface area contributed by atoms with Crippen molar-refractivity contribution >= 4 is 5.91 Å². The Balaban J connectivity index is 2.18. The summed E-state index contributed by atoms with van der Waals surface area (Å²) >= 11 is 0. The molecule has 21 heavy (non-hydrogen) atoms. The Morgan fingerprint density at radius 2 is 1.90 bits per heavy atom. The van der Waals surface area contributed by atoms with Crippen molar-refractivity contribution < 1.29 is 13.9 Å². The van der Waals surface area contributed by atoms with Crippen LogP contribution in [0.1, 0.15) is 38.6 Å². The highest BCUT2D eigenvalue weighted by atomic mass is 16.5. The summed E-state index contributed by atoms with van der Waals surface area (Å²) in [4.78, 5) is 11.5. The summed E-state index contributed by atoms with van der Waals surface area (Å²) in [5, 5.41) is 0. The topological polar surface area (TPSA) is 77.5 Å². The van der Waals surface area contributed by atoms with Crippen LogP contribution in [0.4, 0.5) is 0 Å². The highest BCUT2D eigenvalue weighted by Gasteiger charge is 2.15. The summed E-state index contributed by atoms with van der Waals surface area (Å²) < 4.78 is 11.4. The molecule has 0 aliphatic rings. The lowest BCUT2D eigenvalue weighted by Crippen LogP contribution is -2.30. The molecule has 0 bridgehead atoms. The molecule has 0 radical (unpaired) electrons. The molecule has 1 aromatic carbocycles. The number of amides is 1. The second kappa shape index (κ2) is 6.01. The number of furan rings is 1. The quantitative estimate of drug-likeness (QED) is 0.515. The van der Waals surface area contributed by atoms with Crippen molar-refractivity contribution in [1.82, 2.24) is 5.43 Å². The molecule has 1 aromatic heterocycles. The highest BCUT2D eigenvalue weighted by Crippen LogP contribution is 2.27. The molecule has 0 aliphatic heterocycles. The Labute approximate surface area is 124 Å². The van der Waals surface area contributed by atoms with E-state index in [-0.39, 0.29) is 12.5 Å². The second-order valence-corrected chi connectivity index (χ2v) is 5.10. The van der Waals surface area contributed by atoms with Crippen molar-refractivity contribution in [3.05, 3.63) is 52.0 Å². The molecular weight excluding hydrogens is 268 g/mol. The van der Waals surface area contributed by atoms with E-state index in [1.807, 2.05) is 26.8 Å². The lowest BCUT2D eigenvalue weighted by atomic mass is 10.1. The summed E-state index contributed by atoms with van der Waals surface area (Å²) in [5.41, 5.74) is 5.88. The monoisotopic (exact) mass is 288 g/mol. The fourth-order valence-corrected chi connectivity index (χ4v) is 2.21. The maximum atomic E-state index is 11.5. The van der Waals surface area contributed by atoms with Gasteiger partial charge in [-0.15, -0.1) is 0 Å². The van der Waals surface area contributed by atoms with Gasteiger partial charge in [0.2, 0.25) is 0 Å². The number of nitrogens with two attached hydrogens (primary N) is 1. The third-order valence-corrected chi connectivity index (χ3v) is 3.58. The first kappa shape index (κ1) is 15.1. The number of hydrogen-bond acceptors (Lipinski definition) is 4. The minimum atomic E-state index is -0.370. The van der Waals surface area contributed by atoms with Crippen LogP contribution in [0.2, 0.25) is 0 Å². The molecule has 2 aromatic rings. The van der Waals surface area contributed by atoms with Crippen molar-refractivity contribution in [2.24, 2.45) is 5.84 Å². The van der Waals surface area contributed by atoms with Gasteiger partial charge in [0.15, 0.2) is 0 Å². The molecule has 2 rings (SSSR count). The fraction of sp³-hybridized carbons (Fsp3) is 0.312. The number of hydrogen-bond donors (Lipinski definition) is 2. The van der Waals surface area contributed by atoms with Crippen molar-refractivity contribution in [2.75, 3.05) is 0 Å². The molecule has 5 nitrogen and oxygen atoms in total. The fourth-order valence-electron chi connectivity index (χ4n) is 2.21. The van der Waals surface area contributed by atoms with Crippen LogP contribution in [-0.4, -0.2) is 5.91 Å². The van der Waals surface area contributed by atoms with Crippen LogP contribution in [0.25, 0.3) is 0 Å². The molecule has 0 saturated heterocycles. The van der Waals surface area contributed by atoms with Gasteiger partial charge in [0.1, 0.15) is 23.9 Å². The first-order valence-electron chi connectivity index (χ1n) is 6.74. The summed E-state index contributed by atoms with van der Waals surface area (Å²) in [6.07, 6.45) is 0. The van der Waals surface area contributed by atoms with Gasteiger partial charge in [0.25, 0.3) is 5.91 Å². The van der Waals surface area contributed by atoms with Crippen LogP contribution >= 0.6 is 0 Å². The SMILES string of the molecule is Cc1ccc(C)c(OCc2cc(C(=O)NN)c(C)o2)c1C. The third kappa shape index (κ3) is 3.08. The van der Waals surface area contributed by atoms with Crippen LogP contribution in [0.3, 0.4) is 0 Å². The smallest absolute Gasteiger partial charge is 0.268 e. The van der Waals surface area contributed by atoms with Crippen LogP contribution in [0.15, 0.2) is 22.6 Å². The zero-order chi connectivity index (χ0) is 15.6. The first-order valence-corrected chi connectivity index (χ1v) is 6.74. The zero-order valence-electron chi connectivity index (χ0n) is 12.7. The van der Waals surface area contributed by atoms with Crippen molar-refractivity contribution in [1.29, 1.82) is 0 Å². The van der Waals surface area contributed by atoms with Gasteiger partial charge in [0, 0.05) is 0 Å². The molecule has 0 spiro atoms. The van der Waals surface area contributed by atoms with E-state index in [1.54, 1.807) is 13.0 Å². The number of ether oxygens (including phenoxy) is 1. The Morgan fingerprint density at radius 1 is 1.24 bits per heavy atom. The summed E-state index contributed by atoms with van der Waals surface area (Å²) in [6.45, 7) is 8.06. The molecule has 0 unspecified atom stereocenters. The Bertz CT molecular complexity index is 674. The third-order valence-electron chi connectivity index (χ3n) is 3.58. The largest absolute Gasteiger partial charge is 0.485 e. The summed E-state index contributed by atoms with van der Waals surface area (Å²) in [7, 11) is 0. The Hall–Kier alpha value is -2.27. The van der Waals surface area contributed by atoms with E-state index in [9.17, 15) is 4.79 Å². The van der Waals surface area contributed by atoms with Crippen LogP contribution < -0.4 is 16.0 Å². The van der Waals surface area contributed by atoms with E-state index in [2.05, 4.69) is 11.5 Å². The van der Waals surface area contributed by atoms with Crippen molar-refractivity contribution in [3.8, 4) is 5.75 Å². The van der Waals surface area contributed by atoms with Crippen molar-refractivity contribution in [3.63, 3.8) is 0 Å². The van der Waals surface area contributed by atoms with Crippen LogP contribution in [-0.2, 0) is 6.61 Å². The Kier molecular flexibility index (Phi) is 4.33. The average molecular weight is 288 g/mol. The maximum absolute atomic E-state index is 11.5. The number of carbonyl (C=O) groups is 1. The van der Waals surface area contributed by atoms with E-state index >= 15 is 0 Å². The normalized spacial score (nSPS) is 10.5. The molecule has 1 amide bonds. The molecule has 5 heteroatoms. The average Bonchev–Trinajstić information content (AvgIpc) is 2.83. The number of aryl methyl sites for hydroxylation is 3. The predicted molar refractivity (Wildman–Crippen MR) is 80.1 cm³/mol. The van der Waals surface area contributed by atoms with E-state index in [4.69, 9.17) is 15.0 Å². The van der Waals surface area contributed by atoms with Gasteiger partial charge in [-0.3, -0.25) is 10.2 Å². The second-order valence-electron chi connectivity index (χ2n) is 5.10. The van der Waals surface area contributed by atoms with E-state index in [1.165, 1.54) is 5.56 Å². The summed E-state index contributed by atoms with van der Waals surface area (Å²) in [5.74, 6) is 6.73. The molecule has 0 atom stereocenters. The number of hydrazine groups is 1. The molecule has 0 fully saturated rings. The van der Waals surface area contributed by atoms with Crippen LogP contribution in [0, 0.1) is 27.7 Å². The molecule has 3 N–H and O–H groups in total. The molecule has 1 heterocycles. The maximum Gasteiger partial charge on any atom is 0.268 e. The van der Waals surface area contributed by atoms with Gasteiger partial charge in [-0.2, -0.15) is 0 Å². The minimum Gasteiger partial charge on any atom is -0.485 e. The van der Waals surface area contributed by atoms with E-state index in [0.29, 0.717) is 17.1 Å². The molecule has 0 saturated carbocycles. The molecule has 112 valence electrons. The lowest BCUT2D eigenvalue weighted by molar-refractivity contribution is 0.0952. The van der Waals surface area contributed by atoms with Gasteiger partial charge in [-0.25, -0.2) is 5.84 Å². The number of nitrogens with one attached hydrogen (secondary N) is 1. The number of benzene rings is 1. The highest BCUT2D eigenvalue weighted by molar-refractivity contribution is 5.94.